The first-order chi connectivity index (χ1) is 31.6. The van der Waals surface area contributed by atoms with Crippen molar-refractivity contribution < 1.29 is 0 Å². The van der Waals surface area contributed by atoms with E-state index in [1.165, 1.54) is 113 Å². The highest BCUT2D eigenvalue weighted by molar-refractivity contribution is 6.89. The Morgan fingerprint density at radius 3 is 1.09 bits per heavy atom. The molecule has 0 aliphatic carbocycles. The Morgan fingerprint density at radius 2 is 0.656 bits per heavy atom. The quantitative estimate of drug-likeness (QED) is 0.161. The van der Waals surface area contributed by atoms with Crippen LogP contribution in [0, 0.1) is 13.8 Å². The molecule has 6 heterocycles. The Morgan fingerprint density at radius 1 is 0.281 bits per heavy atom. The number of nitrogens with zero attached hydrogens (tertiary/aromatic N) is 6. The van der Waals surface area contributed by atoms with E-state index in [9.17, 15) is 0 Å². The van der Waals surface area contributed by atoms with Crippen molar-refractivity contribution in [3.05, 3.63) is 205 Å². The molecule has 0 unspecified atom stereocenters. The molecule has 6 aliphatic heterocycles. The monoisotopic (exact) mass is 816 g/mol. The first-order valence-electron chi connectivity index (χ1n) is 22.3. The molecule has 0 radical (unpaired) electrons. The molecule has 0 amide bonds. The van der Waals surface area contributed by atoms with Crippen LogP contribution in [0.3, 0.4) is 0 Å². The van der Waals surface area contributed by atoms with Crippen molar-refractivity contribution in [2.75, 3.05) is 29.0 Å². The minimum atomic E-state index is -0.112. The van der Waals surface area contributed by atoms with Crippen LogP contribution in [-0.4, -0.2) is 14.0 Å². The Balaban J connectivity index is 1.01. The van der Waals surface area contributed by atoms with Gasteiger partial charge in [0, 0.05) is 33.9 Å². The fourth-order valence-corrected chi connectivity index (χ4v) is 12.0. The SMILES string of the molecule is Cc1ccc2c(c1)-c1cc3c(cc1B1N2c2cccc4c2N1c1ccccc1N4c1ccccc1)-c1cc(C)ccc1N1B3N2c3ccccc3N(c3ccccc3)c3cccc1c32. The fraction of sp³-hybridized carbons (Fsp3) is 0.0357. The summed E-state index contributed by atoms with van der Waals surface area (Å²) in [5, 5.41) is 0. The fourth-order valence-electron chi connectivity index (χ4n) is 12.0. The molecule has 298 valence electrons. The molecule has 0 saturated carbocycles. The van der Waals surface area contributed by atoms with E-state index in [-0.39, 0.29) is 14.0 Å². The average molecular weight is 817 g/mol. The summed E-state index contributed by atoms with van der Waals surface area (Å²) in [6, 6.07) is 72.6. The van der Waals surface area contributed by atoms with Gasteiger partial charge in [-0.05, 0) is 133 Å². The van der Waals surface area contributed by atoms with Gasteiger partial charge in [0.25, 0.3) is 0 Å². The molecule has 15 rings (SSSR count). The lowest BCUT2D eigenvalue weighted by Crippen LogP contribution is -2.59. The number of fused-ring (bicyclic) bond motifs is 20. The van der Waals surface area contributed by atoms with Crippen LogP contribution in [0.15, 0.2) is 194 Å². The zero-order valence-corrected chi connectivity index (χ0v) is 35.3. The third-order valence-electron chi connectivity index (χ3n) is 14.4. The lowest BCUT2D eigenvalue weighted by molar-refractivity contribution is 1.22. The third-order valence-corrected chi connectivity index (χ3v) is 14.4. The number of aryl methyl sites for hydroxylation is 2. The van der Waals surface area contributed by atoms with Crippen molar-refractivity contribution in [3.63, 3.8) is 0 Å². The molecule has 0 spiro atoms. The predicted octanol–water partition coefficient (Wildman–Crippen LogP) is 13.2. The summed E-state index contributed by atoms with van der Waals surface area (Å²) in [5.41, 5.74) is 27.1. The van der Waals surface area contributed by atoms with E-state index in [2.05, 4.69) is 237 Å². The topological polar surface area (TPSA) is 19.4 Å². The summed E-state index contributed by atoms with van der Waals surface area (Å²) in [7, 11) is 0. The van der Waals surface area contributed by atoms with Gasteiger partial charge in [0.05, 0.1) is 56.9 Å². The predicted molar refractivity (Wildman–Crippen MR) is 268 cm³/mol. The molecule has 8 heteroatoms. The first-order valence-corrected chi connectivity index (χ1v) is 22.3. The molecule has 9 aromatic rings. The van der Waals surface area contributed by atoms with Crippen LogP contribution in [0.2, 0.25) is 0 Å². The van der Waals surface area contributed by atoms with Crippen LogP contribution in [0.4, 0.5) is 79.6 Å². The van der Waals surface area contributed by atoms with Gasteiger partial charge in [-0.1, -0.05) is 108 Å². The van der Waals surface area contributed by atoms with Crippen molar-refractivity contribution >= 4 is 105 Å². The zero-order valence-electron chi connectivity index (χ0n) is 35.3. The van der Waals surface area contributed by atoms with E-state index < -0.39 is 0 Å². The molecule has 0 atom stereocenters. The Kier molecular flexibility index (Phi) is 6.63. The first kappa shape index (κ1) is 34.5. The molecule has 0 aromatic heterocycles. The molecule has 9 aromatic carbocycles. The molecule has 0 N–H and O–H groups in total. The normalized spacial score (nSPS) is 14.8. The minimum absolute atomic E-state index is 0.112. The maximum atomic E-state index is 2.64. The van der Waals surface area contributed by atoms with Crippen molar-refractivity contribution in [2.24, 2.45) is 0 Å². The molecular weight excluding hydrogens is 778 g/mol. The van der Waals surface area contributed by atoms with E-state index in [4.69, 9.17) is 0 Å². The van der Waals surface area contributed by atoms with Crippen LogP contribution < -0.4 is 40.0 Å². The number of rotatable bonds is 2. The summed E-state index contributed by atoms with van der Waals surface area (Å²) in [5.74, 6) is 0. The van der Waals surface area contributed by atoms with E-state index in [0.29, 0.717) is 0 Å². The zero-order chi connectivity index (χ0) is 41.9. The summed E-state index contributed by atoms with van der Waals surface area (Å²) < 4.78 is 0. The van der Waals surface area contributed by atoms with Gasteiger partial charge in [-0.3, -0.25) is 0 Å². The van der Waals surface area contributed by atoms with Gasteiger partial charge in [0.1, 0.15) is 0 Å². The van der Waals surface area contributed by atoms with E-state index in [0.717, 1.165) is 11.4 Å². The molecule has 64 heavy (non-hydrogen) atoms. The van der Waals surface area contributed by atoms with Crippen molar-refractivity contribution in [1.82, 2.24) is 0 Å². The lowest BCUT2D eigenvalue weighted by atomic mass is 9.53. The second kappa shape index (κ2) is 12.3. The van der Waals surface area contributed by atoms with Crippen LogP contribution in [0.5, 0.6) is 0 Å². The van der Waals surface area contributed by atoms with Crippen molar-refractivity contribution in [2.45, 2.75) is 13.8 Å². The number of anilines is 14. The number of hydrogen-bond donors (Lipinski definition) is 0. The molecule has 0 saturated heterocycles. The molecule has 0 fully saturated rings. The Labute approximate surface area is 373 Å². The lowest BCUT2D eigenvalue weighted by Gasteiger charge is -2.43. The highest BCUT2D eigenvalue weighted by atomic mass is 15.4. The van der Waals surface area contributed by atoms with Gasteiger partial charge in [0.15, 0.2) is 0 Å². The van der Waals surface area contributed by atoms with Crippen molar-refractivity contribution in [3.8, 4) is 22.3 Å². The number of benzene rings is 9. The second-order valence-corrected chi connectivity index (χ2v) is 17.9. The average Bonchev–Trinajstić information content (AvgIpc) is 3.88. The smallest absolute Gasteiger partial charge is 0.359 e. The van der Waals surface area contributed by atoms with E-state index in [1.807, 2.05) is 0 Å². The van der Waals surface area contributed by atoms with Crippen molar-refractivity contribution in [1.29, 1.82) is 0 Å². The number of para-hydroxylation sites is 8. The standard InChI is InChI=1S/C56H38B2N6/c1-35-27-29-45-41(31-35)39-33-44-40(34-43(39)57-61(45)53-25-13-23-51-55(53)63(57)49-21-11-9-19-47(49)59(51)37-15-5-3-6-16-37)42-32-36(2)28-30-46(42)62-54-26-14-24-52-56(54)64(58(44)62)50-22-12-10-20-48(50)60(52)38-17-7-4-8-18-38/h3-34H,1-2H3. The van der Waals surface area contributed by atoms with Gasteiger partial charge < -0.3 is 29.0 Å². The van der Waals surface area contributed by atoms with Crippen LogP contribution in [-0.2, 0) is 0 Å². The molecule has 0 bridgehead atoms. The van der Waals surface area contributed by atoms with Gasteiger partial charge in [-0.15, -0.1) is 0 Å². The van der Waals surface area contributed by atoms with E-state index in [1.54, 1.807) is 0 Å². The Hall–Kier alpha value is -8.09. The maximum absolute atomic E-state index is 2.64. The van der Waals surface area contributed by atoms with Crippen LogP contribution in [0.1, 0.15) is 11.1 Å². The van der Waals surface area contributed by atoms with Gasteiger partial charge in [-0.25, -0.2) is 0 Å². The van der Waals surface area contributed by atoms with Crippen LogP contribution in [0.25, 0.3) is 22.3 Å². The van der Waals surface area contributed by atoms with E-state index >= 15 is 0 Å². The molecule has 6 aliphatic rings. The second-order valence-electron chi connectivity index (χ2n) is 17.9. The third kappa shape index (κ3) is 4.27. The maximum Gasteiger partial charge on any atom is 0.421 e. The largest absolute Gasteiger partial charge is 0.421 e. The molecule has 6 nitrogen and oxygen atoms in total. The van der Waals surface area contributed by atoms with Gasteiger partial charge in [0.2, 0.25) is 0 Å². The molecular formula is C56H38B2N6. The number of hydrogen-bond acceptors (Lipinski definition) is 6. The van der Waals surface area contributed by atoms with Gasteiger partial charge in [-0.2, -0.15) is 0 Å². The summed E-state index contributed by atoms with van der Waals surface area (Å²) >= 11 is 0. The van der Waals surface area contributed by atoms with Crippen LogP contribution >= 0.6 is 0 Å². The van der Waals surface area contributed by atoms with Gasteiger partial charge >= 0.3 is 14.0 Å². The Bertz CT molecular complexity index is 3270. The minimum Gasteiger partial charge on any atom is -0.359 e. The summed E-state index contributed by atoms with van der Waals surface area (Å²) in [4.78, 5) is 15.4. The summed E-state index contributed by atoms with van der Waals surface area (Å²) in [6.07, 6.45) is 0. The highest BCUT2D eigenvalue weighted by Crippen LogP contribution is 2.63. The summed E-state index contributed by atoms with van der Waals surface area (Å²) in [6.45, 7) is 4.24. The highest BCUT2D eigenvalue weighted by Gasteiger charge is 2.55.